The molecular weight excluding hydrogens is 252 g/mol. The van der Waals surface area contributed by atoms with Crippen LogP contribution in [-0.2, 0) is 6.54 Å². The highest BCUT2D eigenvalue weighted by Crippen LogP contribution is 2.25. The molecule has 0 saturated carbocycles. The Bertz CT molecular complexity index is 724. The van der Waals surface area contributed by atoms with Gasteiger partial charge >= 0.3 is 0 Å². The molecule has 6 nitrogen and oxygen atoms in total. The van der Waals surface area contributed by atoms with Crippen molar-refractivity contribution in [3.05, 3.63) is 30.9 Å². The van der Waals surface area contributed by atoms with Crippen LogP contribution in [0, 0.1) is 0 Å². The number of nitrogens with two attached hydrogens (primary N) is 1. The topological polar surface area (TPSA) is 74.5 Å². The van der Waals surface area contributed by atoms with E-state index in [1.807, 2.05) is 22.9 Å². The molecule has 3 rings (SSSR count). The number of pyridine rings is 1. The molecule has 0 saturated heterocycles. The van der Waals surface area contributed by atoms with Gasteiger partial charge in [0.2, 0.25) is 0 Å². The van der Waals surface area contributed by atoms with Gasteiger partial charge in [-0.15, -0.1) is 0 Å². The average molecular weight is 270 g/mol. The van der Waals surface area contributed by atoms with Gasteiger partial charge in [-0.25, -0.2) is 15.0 Å². The fraction of sp³-hybridized carbons (Fsp3) is 0.357. The maximum absolute atomic E-state index is 5.57. The fourth-order valence-corrected chi connectivity index (χ4v) is 2.35. The minimum atomic E-state index is 0.268. The van der Waals surface area contributed by atoms with Crippen LogP contribution >= 0.6 is 0 Å². The largest absolute Gasteiger partial charge is 0.335 e. The number of aromatic nitrogens is 5. The summed E-state index contributed by atoms with van der Waals surface area (Å²) in [5.41, 5.74) is 8.21. The molecule has 0 fully saturated rings. The number of nitrogens with zero attached hydrogens (tertiary/aromatic N) is 5. The summed E-state index contributed by atoms with van der Waals surface area (Å²) in [6, 6.07) is 4.14. The van der Waals surface area contributed by atoms with Crippen molar-refractivity contribution in [2.24, 2.45) is 5.73 Å². The number of fused-ring (bicyclic) bond motifs is 1. The quantitative estimate of drug-likeness (QED) is 0.785. The van der Waals surface area contributed by atoms with Crippen molar-refractivity contribution in [2.75, 3.05) is 6.54 Å². The second-order valence-corrected chi connectivity index (χ2v) is 5.03. The van der Waals surface area contributed by atoms with Crippen molar-refractivity contribution in [3.63, 3.8) is 0 Å². The van der Waals surface area contributed by atoms with Gasteiger partial charge in [-0.3, -0.25) is 0 Å². The van der Waals surface area contributed by atoms with Gasteiger partial charge in [0.1, 0.15) is 11.2 Å². The molecule has 6 heteroatoms. The lowest BCUT2D eigenvalue weighted by Gasteiger charge is -2.10. The summed E-state index contributed by atoms with van der Waals surface area (Å²) in [6.07, 6.45) is 5.56. The molecule has 0 radical (unpaired) electrons. The average Bonchev–Trinajstić information content (AvgIpc) is 3.02. The highest BCUT2D eigenvalue weighted by atomic mass is 15.2. The standard InChI is InChI=1S/C14H18N6/c1-10(2)20-13-11(4-3-6-16-13)18-14(20)12-8-19(7-5-15)9-17-12/h3-4,6,8-10H,5,7,15H2,1-2H3. The first-order valence-corrected chi connectivity index (χ1v) is 6.76. The predicted molar refractivity (Wildman–Crippen MR) is 78.2 cm³/mol. The van der Waals surface area contributed by atoms with E-state index >= 15 is 0 Å². The first-order chi connectivity index (χ1) is 9.70. The summed E-state index contributed by atoms with van der Waals surface area (Å²) in [7, 11) is 0. The van der Waals surface area contributed by atoms with Crippen LogP contribution in [0.2, 0.25) is 0 Å². The van der Waals surface area contributed by atoms with Gasteiger partial charge in [0.15, 0.2) is 11.5 Å². The van der Waals surface area contributed by atoms with Crippen molar-refractivity contribution in [1.29, 1.82) is 0 Å². The van der Waals surface area contributed by atoms with E-state index < -0.39 is 0 Å². The first kappa shape index (κ1) is 12.8. The number of rotatable bonds is 4. The lowest BCUT2D eigenvalue weighted by Crippen LogP contribution is -2.08. The fourth-order valence-electron chi connectivity index (χ4n) is 2.35. The minimum Gasteiger partial charge on any atom is -0.335 e. The Morgan fingerprint density at radius 1 is 1.30 bits per heavy atom. The van der Waals surface area contributed by atoms with Crippen molar-refractivity contribution in [3.8, 4) is 11.5 Å². The summed E-state index contributed by atoms with van der Waals surface area (Å²) in [5, 5.41) is 0. The van der Waals surface area contributed by atoms with Crippen LogP contribution in [0.1, 0.15) is 19.9 Å². The summed E-state index contributed by atoms with van der Waals surface area (Å²) in [4.78, 5) is 13.5. The Labute approximate surface area is 117 Å². The molecule has 0 aromatic carbocycles. The molecule has 0 bridgehead atoms. The monoisotopic (exact) mass is 270 g/mol. The van der Waals surface area contributed by atoms with E-state index in [0.717, 1.165) is 29.2 Å². The van der Waals surface area contributed by atoms with Crippen LogP contribution in [0.15, 0.2) is 30.9 Å². The maximum atomic E-state index is 5.57. The number of hydrogen-bond donors (Lipinski definition) is 1. The van der Waals surface area contributed by atoms with Crippen LogP contribution < -0.4 is 5.73 Å². The Hall–Kier alpha value is -2.21. The van der Waals surface area contributed by atoms with Gasteiger partial charge in [-0.05, 0) is 26.0 Å². The second-order valence-electron chi connectivity index (χ2n) is 5.03. The zero-order valence-electron chi connectivity index (χ0n) is 11.7. The zero-order chi connectivity index (χ0) is 14.1. The molecule has 0 unspecified atom stereocenters. The summed E-state index contributed by atoms with van der Waals surface area (Å²) in [6.45, 7) is 5.59. The zero-order valence-corrected chi connectivity index (χ0v) is 11.7. The first-order valence-electron chi connectivity index (χ1n) is 6.76. The molecule has 3 aromatic rings. The molecule has 3 heterocycles. The van der Waals surface area contributed by atoms with Crippen LogP contribution in [0.25, 0.3) is 22.7 Å². The van der Waals surface area contributed by atoms with E-state index in [1.54, 1.807) is 12.5 Å². The molecule has 0 aliphatic carbocycles. The van der Waals surface area contributed by atoms with E-state index in [4.69, 9.17) is 5.73 Å². The highest BCUT2D eigenvalue weighted by Gasteiger charge is 2.17. The van der Waals surface area contributed by atoms with Crippen LogP contribution in [-0.4, -0.2) is 30.6 Å². The number of hydrogen-bond acceptors (Lipinski definition) is 4. The van der Waals surface area contributed by atoms with Gasteiger partial charge in [0.05, 0.1) is 6.33 Å². The van der Waals surface area contributed by atoms with E-state index in [1.165, 1.54) is 0 Å². The lowest BCUT2D eigenvalue weighted by molar-refractivity contribution is 0.618. The third kappa shape index (κ3) is 2.08. The Morgan fingerprint density at radius 3 is 2.90 bits per heavy atom. The van der Waals surface area contributed by atoms with Crippen LogP contribution in [0.4, 0.5) is 0 Å². The molecular formula is C14H18N6. The molecule has 0 aliphatic heterocycles. The Kier molecular flexibility index (Phi) is 3.23. The van der Waals surface area contributed by atoms with Gasteiger partial charge in [0, 0.05) is 31.5 Å². The van der Waals surface area contributed by atoms with Crippen LogP contribution in [0.5, 0.6) is 0 Å². The van der Waals surface area contributed by atoms with Crippen molar-refractivity contribution >= 4 is 11.2 Å². The molecule has 104 valence electrons. The normalized spacial score (nSPS) is 11.6. The molecule has 3 aromatic heterocycles. The Balaban J connectivity index is 2.16. The Morgan fingerprint density at radius 2 is 2.15 bits per heavy atom. The third-order valence-corrected chi connectivity index (χ3v) is 3.21. The van der Waals surface area contributed by atoms with E-state index in [0.29, 0.717) is 6.54 Å². The van der Waals surface area contributed by atoms with Crippen LogP contribution in [0.3, 0.4) is 0 Å². The number of imidazole rings is 2. The van der Waals surface area contributed by atoms with Crippen molar-refractivity contribution < 1.29 is 0 Å². The van der Waals surface area contributed by atoms with Gasteiger partial charge < -0.3 is 14.9 Å². The summed E-state index contributed by atoms with van der Waals surface area (Å²) < 4.78 is 4.09. The summed E-state index contributed by atoms with van der Waals surface area (Å²) in [5.74, 6) is 0.851. The third-order valence-electron chi connectivity index (χ3n) is 3.21. The van der Waals surface area contributed by atoms with Crippen molar-refractivity contribution in [2.45, 2.75) is 26.4 Å². The van der Waals surface area contributed by atoms with E-state index in [2.05, 4.69) is 33.4 Å². The molecule has 0 aliphatic rings. The minimum absolute atomic E-state index is 0.268. The highest BCUT2D eigenvalue weighted by molar-refractivity contribution is 5.76. The molecule has 0 spiro atoms. The maximum Gasteiger partial charge on any atom is 0.162 e. The summed E-state index contributed by atoms with van der Waals surface area (Å²) >= 11 is 0. The van der Waals surface area contributed by atoms with Gasteiger partial charge in [0.25, 0.3) is 0 Å². The second kappa shape index (κ2) is 5.05. The van der Waals surface area contributed by atoms with Gasteiger partial charge in [-0.1, -0.05) is 0 Å². The van der Waals surface area contributed by atoms with Gasteiger partial charge in [-0.2, -0.15) is 0 Å². The lowest BCUT2D eigenvalue weighted by atomic mass is 10.3. The van der Waals surface area contributed by atoms with E-state index in [9.17, 15) is 0 Å². The predicted octanol–water partition coefficient (Wildman–Crippen LogP) is 1.83. The SMILES string of the molecule is CC(C)n1c(-c2cn(CCN)cn2)nc2cccnc21. The van der Waals surface area contributed by atoms with Crippen molar-refractivity contribution in [1.82, 2.24) is 24.1 Å². The molecule has 0 amide bonds. The molecule has 0 atom stereocenters. The van der Waals surface area contributed by atoms with E-state index in [-0.39, 0.29) is 6.04 Å². The smallest absolute Gasteiger partial charge is 0.162 e. The molecule has 2 N–H and O–H groups in total. The molecule has 20 heavy (non-hydrogen) atoms.